The number of nitrogens with one attached hydrogen (secondary N) is 2. The summed E-state index contributed by atoms with van der Waals surface area (Å²) in [6.45, 7) is 2.14. The Kier molecular flexibility index (Phi) is 4.99. The molecule has 0 bridgehead atoms. The van der Waals surface area contributed by atoms with Crippen LogP contribution in [0.3, 0.4) is 0 Å². The summed E-state index contributed by atoms with van der Waals surface area (Å²) in [5.41, 5.74) is 9.39. The number of carbonyl (C=O) groups is 1. The number of aryl methyl sites for hydroxylation is 1. The van der Waals surface area contributed by atoms with Crippen molar-refractivity contribution in [3.8, 4) is 0 Å². The minimum absolute atomic E-state index is 0.411. The first-order chi connectivity index (χ1) is 11.6. The fourth-order valence-corrected chi connectivity index (χ4v) is 3.56. The maximum Gasteiger partial charge on any atom is 0.316 e. The molecule has 5 nitrogen and oxygen atoms in total. The highest BCUT2D eigenvalue weighted by Crippen LogP contribution is 2.34. The molecule has 0 unspecified atom stereocenters. The van der Waals surface area contributed by atoms with Crippen molar-refractivity contribution in [1.82, 2.24) is 4.98 Å². The van der Waals surface area contributed by atoms with Gasteiger partial charge in [-0.25, -0.2) is 4.79 Å². The molecule has 4 N–H and O–H groups in total. The van der Waals surface area contributed by atoms with E-state index in [1.807, 2.05) is 36.5 Å². The third-order valence-electron chi connectivity index (χ3n) is 4.61. The van der Waals surface area contributed by atoms with E-state index in [2.05, 4.69) is 28.6 Å². The number of urea groups is 1. The largest absolute Gasteiger partial charge is 0.382 e. The van der Waals surface area contributed by atoms with Gasteiger partial charge in [0.1, 0.15) is 0 Å². The van der Waals surface area contributed by atoms with Gasteiger partial charge in [0.05, 0.1) is 0 Å². The van der Waals surface area contributed by atoms with Gasteiger partial charge in [0.2, 0.25) is 0 Å². The van der Waals surface area contributed by atoms with Gasteiger partial charge in [-0.3, -0.25) is 4.98 Å². The zero-order valence-corrected chi connectivity index (χ0v) is 14.0. The SMILES string of the molecule is Cc1cccnc1[C@@H]1CCC[C@H](Nc2cccc(NC(N)=O)c2)C1. The van der Waals surface area contributed by atoms with Gasteiger partial charge in [0.25, 0.3) is 0 Å². The predicted octanol–water partition coefficient (Wildman–Crippen LogP) is 4.02. The minimum Gasteiger partial charge on any atom is -0.382 e. The number of hydrogen-bond donors (Lipinski definition) is 3. The van der Waals surface area contributed by atoms with Gasteiger partial charge < -0.3 is 16.4 Å². The molecule has 1 heterocycles. The first-order valence-electron chi connectivity index (χ1n) is 8.46. The third-order valence-corrected chi connectivity index (χ3v) is 4.61. The van der Waals surface area contributed by atoms with Crippen LogP contribution in [0.4, 0.5) is 16.2 Å². The fourth-order valence-electron chi connectivity index (χ4n) is 3.56. The van der Waals surface area contributed by atoms with Gasteiger partial charge in [-0.05, 0) is 56.0 Å². The molecule has 1 aromatic heterocycles. The number of aromatic nitrogens is 1. The Morgan fingerprint density at radius 2 is 2.04 bits per heavy atom. The molecule has 24 heavy (non-hydrogen) atoms. The average molecular weight is 324 g/mol. The van der Waals surface area contributed by atoms with E-state index in [0.717, 1.165) is 18.5 Å². The van der Waals surface area contributed by atoms with Gasteiger partial charge in [0.15, 0.2) is 0 Å². The van der Waals surface area contributed by atoms with Gasteiger partial charge in [0, 0.05) is 35.2 Å². The molecule has 0 radical (unpaired) electrons. The lowest BCUT2D eigenvalue weighted by Gasteiger charge is -2.31. The lowest BCUT2D eigenvalue weighted by molar-refractivity contribution is 0.259. The second-order valence-corrected chi connectivity index (χ2v) is 6.48. The molecule has 1 saturated carbocycles. The Labute approximate surface area is 142 Å². The van der Waals surface area contributed by atoms with Crippen molar-refractivity contribution in [3.05, 3.63) is 53.9 Å². The number of amides is 2. The Balaban J connectivity index is 1.67. The number of anilines is 2. The summed E-state index contributed by atoms with van der Waals surface area (Å²) in [5, 5.41) is 6.21. The maximum atomic E-state index is 11.0. The summed E-state index contributed by atoms with van der Waals surface area (Å²) in [5.74, 6) is 0.504. The third kappa shape index (κ3) is 4.04. The van der Waals surface area contributed by atoms with E-state index in [4.69, 9.17) is 5.73 Å². The number of carbonyl (C=O) groups excluding carboxylic acids is 1. The van der Waals surface area contributed by atoms with Crippen molar-refractivity contribution < 1.29 is 4.79 Å². The zero-order chi connectivity index (χ0) is 16.9. The minimum atomic E-state index is -0.546. The smallest absolute Gasteiger partial charge is 0.316 e. The number of pyridine rings is 1. The van der Waals surface area contributed by atoms with Crippen LogP contribution in [0, 0.1) is 6.92 Å². The fraction of sp³-hybridized carbons (Fsp3) is 0.368. The number of nitrogens with zero attached hydrogens (tertiary/aromatic N) is 1. The normalized spacial score (nSPS) is 20.4. The summed E-state index contributed by atoms with van der Waals surface area (Å²) in [6, 6.07) is 11.7. The summed E-state index contributed by atoms with van der Waals surface area (Å²) in [4.78, 5) is 15.6. The van der Waals surface area contributed by atoms with Crippen LogP contribution in [-0.4, -0.2) is 17.1 Å². The van der Waals surface area contributed by atoms with Gasteiger partial charge in [-0.2, -0.15) is 0 Å². The van der Waals surface area contributed by atoms with Crippen molar-refractivity contribution in [1.29, 1.82) is 0 Å². The Morgan fingerprint density at radius 1 is 1.21 bits per heavy atom. The molecule has 1 aliphatic rings. The molecule has 1 aromatic carbocycles. The first kappa shape index (κ1) is 16.3. The van der Waals surface area contributed by atoms with Crippen molar-refractivity contribution in [2.24, 2.45) is 5.73 Å². The highest BCUT2D eigenvalue weighted by Gasteiger charge is 2.25. The van der Waals surface area contributed by atoms with Crippen molar-refractivity contribution >= 4 is 17.4 Å². The van der Waals surface area contributed by atoms with Gasteiger partial charge >= 0.3 is 6.03 Å². The standard InChI is InChI=1S/C19H24N4O/c1-13-5-4-10-21-18(13)14-6-2-7-15(11-14)22-16-8-3-9-17(12-16)23-19(20)24/h3-5,8-10,12,14-15,22H,2,6-7,11H2,1H3,(H3,20,23,24)/t14-,15+/m1/s1. The molecule has 1 aliphatic carbocycles. The quantitative estimate of drug-likeness (QED) is 0.794. The van der Waals surface area contributed by atoms with Crippen LogP contribution >= 0.6 is 0 Å². The van der Waals surface area contributed by atoms with E-state index >= 15 is 0 Å². The van der Waals surface area contributed by atoms with E-state index in [9.17, 15) is 4.79 Å². The molecule has 2 aromatic rings. The molecule has 0 aliphatic heterocycles. The summed E-state index contributed by atoms with van der Waals surface area (Å²) >= 11 is 0. The van der Waals surface area contributed by atoms with Crippen molar-refractivity contribution in [2.45, 2.75) is 44.6 Å². The molecular formula is C19H24N4O. The highest BCUT2D eigenvalue weighted by atomic mass is 16.2. The number of hydrogen-bond acceptors (Lipinski definition) is 3. The van der Waals surface area contributed by atoms with Crippen molar-refractivity contribution in [3.63, 3.8) is 0 Å². The topological polar surface area (TPSA) is 80.0 Å². The summed E-state index contributed by atoms with van der Waals surface area (Å²) in [6.07, 6.45) is 6.50. The maximum absolute atomic E-state index is 11.0. The first-order valence-corrected chi connectivity index (χ1v) is 8.46. The summed E-state index contributed by atoms with van der Waals surface area (Å²) < 4.78 is 0. The predicted molar refractivity (Wildman–Crippen MR) is 97.2 cm³/mol. The molecule has 5 heteroatoms. The zero-order valence-electron chi connectivity index (χ0n) is 14.0. The molecule has 0 spiro atoms. The Morgan fingerprint density at radius 3 is 2.83 bits per heavy atom. The molecule has 0 saturated heterocycles. The summed E-state index contributed by atoms with van der Waals surface area (Å²) in [7, 11) is 0. The lowest BCUT2D eigenvalue weighted by Crippen LogP contribution is -2.27. The van der Waals surface area contributed by atoms with Crippen LogP contribution in [0.15, 0.2) is 42.6 Å². The van der Waals surface area contributed by atoms with Gasteiger partial charge in [-0.15, -0.1) is 0 Å². The second-order valence-electron chi connectivity index (χ2n) is 6.48. The Hall–Kier alpha value is -2.56. The highest BCUT2D eigenvalue weighted by molar-refractivity contribution is 5.88. The van der Waals surface area contributed by atoms with Crippen LogP contribution in [0.25, 0.3) is 0 Å². The molecular weight excluding hydrogens is 300 g/mol. The average Bonchev–Trinajstić information content (AvgIpc) is 2.55. The number of benzene rings is 1. The number of primary amides is 1. The van der Waals surface area contributed by atoms with Crippen LogP contribution in [0.1, 0.15) is 42.9 Å². The van der Waals surface area contributed by atoms with E-state index < -0.39 is 6.03 Å². The van der Waals surface area contributed by atoms with Crippen LogP contribution in [0.5, 0.6) is 0 Å². The van der Waals surface area contributed by atoms with Crippen LogP contribution in [-0.2, 0) is 0 Å². The van der Waals surface area contributed by atoms with E-state index in [1.54, 1.807) is 0 Å². The number of rotatable bonds is 4. The van der Waals surface area contributed by atoms with Crippen LogP contribution in [0.2, 0.25) is 0 Å². The Bertz CT molecular complexity index is 716. The molecule has 1 fully saturated rings. The molecule has 3 rings (SSSR count). The van der Waals surface area contributed by atoms with Gasteiger partial charge in [-0.1, -0.05) is 18.6 Å². The van der Waals surface area contributed by atoms with E-state index in [-0.39, 0.29) is 0 Å². The monoisotopic (exact) mass is 324 g/mol. The van der Waals surface area contributed by atoms with E-state index in [1.165, 1.54) is 24.1 Å². The molecule has 2 atom stereocenters. The van der Waals surface area contributed by atoms with Crippen LogP contribution < -0.4 is 16.4 Å². The van der Waals surface area contributed by atoms with Crippen molar-refractivity contribution in [2.75, 3.05) is 10.6 Å². The number of nitrogens with two attached hydrogens (primary N) is 1. The lowest BCUT2D eigenvalue weighted by atomic mass is 9.82. The molecule has 2 amide bonds. The second kappa shape index (κ2) is 7.34. The van der Waals surface area contributed by atoms with E-state index in [0.29, 0.717) is 17.6 Å². The molecule has 126 valence electrons.